The first kappa shape index (κ1) is 31.6. The lowest BCUT2D eigenvalue weighted by atomic mass is 9.84. The zero-order valence-corrected chi connectivity index (χ0v) is 29.7. The number of nitrogens with zero attached hydrogens (tertiary/aromatic N) is 1. The molecule has 0 saturated carbocycles. The Hall–Kier alpha value is -7.09. The van der Waals surface area contributed by atoms with Crippen molar-refractivity contribution in [2.75, 3.05) is 0 Å². The Bertz CT molecular complexity index is 2910. The second kappa shape index (κ2) is 13.5. The van der Waals surface area contributed by atoms with Crippen molar-refractivity contribution in [2.24, 2.45) is 0 Å². The second-order valence-electron chi connectivity index (χ2n) is 13.9. The van der Waals surface area contributed by atoms with Crippen LogP contribution in [0.5, 0.6) is 0 Å². The van der Waals surface area contributed by atoms with Crippen molar-refractivity contribution in [2.45, 2.75) is 0 Å². The predicted octanol–water partition coefficient (Wildman–Crippen LogP) is 14.5. The number of pyridine rings is 1. The number of fused-ring (bicyclic) bond motifs is 4. The molecule has 10 rings (SSSR count). The zero-order chi connectivity index (χ0) is 35.8. The molecule has 252 valence electrons. The zero-order valence-electron chi connectivity index (χ0n) is 29.7. The van der Waals surface area contributed by atoms with E-state index < -0.39 is 0 Å². The van der Waals surface area contributed by atoms with Crippen LogP contribution >= 0.6 is 0 Å². The SMILES string of the molecule is c1ccc(-c2ccc(-c3ccc(-c4c5ccccc5c(-c5ccc(-c6ccc(-c7ccccc7)cc6)cc5)c5c4cnc4ccccc45)cc3)cc2)cc1. The van der Waals surface area contributed by atoms with Crippen molar-refractivity contribution in [3.8, 4) is 66.8 Å². The molecule has 9 aromatic carbocycles. The summed E-state index contributed by atoms with van der Waals surface area (Å²) in [7, 11) is 0. The van der Waals surface area contributed by atoms with Crippen LogP contribution in [0.1, 0.15) is 0 Å². The Morgan fingerprint density at radius 1 is 0.222 bits per heavy atom. The molecule has 1 heterocycles. The maximum absolute atomic E-state index is 5.02. The molecule has 0 N–H and O–H groups in total. The van der Waals surface area contributed by atoms with Gasteiger partial charge in [0.25, 0.3) is 0 Å². The molecule has 0 amide bonds. The fraction of sp³-hybridized carbons (Fsp3) is 0. The van der Waals surface area contributed by atoms with Crippen molar-refractivity contribution < 1.29 is 0 Å². The van der Waals surface area contributed by atoms with Crippen molar-refractivity contribution in [1.29, 1.82) is 0 Å². The number of para-hydroxylation sites is 1. The van der Waals surface area contributed by atoms with Crippen LogP contribution in [0.25, 0.3) is 99.2 Å². The van der Waals surface area contributed by atoms with Crippen LogP contribution in [0.2, 0.25) is 0 Å². The van der Waals surface area contributed by atoms with Crippen molar-refractivity contribution >= 4 is 32.4 Å². The summed E-state index contributed by atoms with van der Waals surface area (Å²) in [5.41, 5.74) is 15.5. The molecule has 54 heavy (non-hydrogen) atoms. The minimum atomic E-state index is 0.997. The van der Waals surface area contributed by atoms with Gasteiger partial charge >= 0.3 is 0 Å². The molecule has 0 radical (unpaired) electrons. The van der Waals surface area contributed by atoms with Gasteiger partial charge in [-0.2, -0.15) is 0 Å². The predicted molar refractivity (Wildman–Crippen MR) is 229 cm³/mol. The summed E-state index contributed by atoms with van der Waals surface area (Å²) >= 11 is 0. The van der Waals surface area contributed by atoms with Crippen LogP contribution in [0.15, 0.2) is 212 Å². The van der Waals surface area contributed by atoms with E-state index in [-0.39, 0.29) is 0 Å². The van der Waals surface area contributed by atoms with E-state index in [4.69, 9.17) is 4.98 Å². The van der Waals surface area contributed by atoms with Crippen LogP contribution in [-0.2, 0) is 0 Å². The standard InChI is InChI=1S/C53H35N/c1-3-11-36(12-4-1)38-19-23-40(24-20-38)42-27-31-44(32-28-42)51-46-15-7-8-16-47(46)52(53-48-17-9-10-18-50(48)54-35-49(51)53)45-33-29-43(30-34-45)41-25-21-39(22-26-41)37-13-5-2-6-14-37/h1-35H. The summed E-state index contributed by atoms with van der Waals surface area (Å²) in [5.74, 6) is 0. The van der Waals surface area contributed by atoms with Gasteiger partial charge < -0.3 is 0 Å². The second-order valence-corrected chi connectivity index (χ2v) is 13.9. The molecule has 0 fully saturated rings. The molecule has 0 spiro atoms. The molecule has 0 atom stereocenters. The lowest BCUT2D eigenvalue weighted by molar-refractivity contribution is 1.45. The normalized spacial score (nSPS) is 11.3. The Labute approximate surface area is 315 Å². The van der Waals surface area contributed by atoms with E-state index in [1.165, 1.54) is 82.9 Å². The van der Waals surface area contributed by atoms with Gasteiger partial charge in [0.05, 0.1) is 5.52 Å². The molecule has 1 heteroatoms. The average molecular weight is 686 g/mol. The summed E-state index contributed by atoms with van der Waals surface area (Å²) in [6.45, 7) is 0. The quantitative estimate of drug-likeness (QED) is 0.125. The van der Waals surface area contributed by atoms with Gasteiger partial charge in [-0.05, 0) is 83.6 Å². The van der Waals surface area contributed by atoms with Crippen molar-refractivity contribution in [3.63, 3.8) is 0 Å². The van der Waals surface area contributed by atoms with Gasteiger partial charge in [0.15, 0.2) is 0 Å². The highest BCUT2D eigenvalue weighted by atomic mass is 14.6. The summed E-state index contributed by atoms with van der Waals surface area (Å²) in [6.07, 6.45) is 2.09. The third-order valence-electron chi connectivity index (χ3n) is 10.8. The number of aromatic nitrogens is 1. The van der Waals surface area contributed by atoms with Crippen LogP contribution < -0.4 is 0 Å². The fourth-order valence-corrected chi connectivity index (χ4v) is 8.04. The van der Waals surface area contributed by atoms with E-state index in [1.807, 2.05) is 0 Å². The number of hydrogen-bond acceptors (Lipinski definition) is 1. The highest BCUT2D eigenvalue weighted by Gasteiger charge is 2.19. The molecule has 1 aromatic heterocycles. The largest absolute Gasteiger partial charge is 0.256 e. The molecule has 0 bridgehead atoms. The highest BCUT2D eigenvalue weighted by molar-refractivity contribution is 6.27. The van der Waals surface area contributed by atoms with E-state index in [0.717, 1.165) is 16.3 Å². The molecule has 0 aliphatic rings. The van der Waals surface area contributed by atoms with Gasteiger partial charge in [0.2, 0.25) is 0 Å². The van der Waals surface area contributed by atoms with Gasteiger partial charge in [-0.1, -0.05) is 200 Å². The van der Waals surface area contributed by atoms with Gasteiger partial charge in [-0.15, -0.1) is 0 Å². The molecular formula is C53H35N. The van der Waals surface area contributed by atoms with Gasteiger partial charge in [-0.3, -0.25) is 4.98 Å². The van der Waals surface area contributed by atoms with Crippen LogP contribution in [0, 0.1) is 0 Å². The van der Waals surface area contributed by atoms with E-state index in [9.17, 15) is 0 Å². The maximum atomic E-state index is 5.02. The number of rotatable bonds is 6. The Morgan fingerprint density at radius 2 is 0.537 bits per heavy atom. The minimum Gasteiger partial charge on any atom is -0.256 e. The molecule has 0 saturated heterocycles. The van der Waals surface area contributed by atoms with E-state index in [1.54, 1.807) is 0 Å². The lowest BCUT2D eigenvalue weighted by Crippen LogP contribution is -1.93. The van der Waals surface area contributed by atoms with E-state index in [2.05, 4.69) is 212 Å². The average Bonchev–Trinajstić information content (AvgIpc) is 3.26. The molecular weight excluding hydrogens is 651 g/mol. The Balaban J connectivity index is 1.08. The maximum Gasteiger partial charge on any atom is 0.0708 e. The van der Waals surface area contributed by atoms with Gasteiger partial charge in [0.1, 0.15) is 0 Å². The van der Waals surface area contributed by atoms with E-state index >= 15 is 0 Å². The van der Waals surface area contributed by atoms with Crippen molar-refractivity contribution in [1.82, 2.24) is 4.98 Å². The lowest BCUT2D eigenvalue weighted by Gasteiger charge is -2.19. The van der Waals surface area contributed by atoms with Crippen molar-refractivity contribution in [3.05, 3.63) is 212 Å². The Morgan fingerprint density at radius 3 is 0.981 bits per heavy atom. The summed E-state index contributed by atoms with van der Waals surface area (Å²) < 4.78 is 0. The highest BCUT2D eigenvalue weighted by Crippen LogP contribution is 2.46. The number of hydrogen-bond donors (Lipinski definition) is 0. The molecule has 0 aliphatic carbocycles. The smallest absolute Gasteiger partial charge is 0.0708 e. The third-order valence-corrected chi connectivity index (χ3v) is 10.8. The fourth-order valence-electron chi connectivity index (χ4n) is 8.04. The third kappa shape index (κ3) is 5.64. The van der Waals surface area contributed by atoms with Crippen LogP contribution in [0.3, 0.4) is 0 Å². The first-order valence-corrected chi connectivity index (χ1v) is 18.5. The van der Waals surface area contributed by atoms with Gasteiger partial charge in [0, 0.05) is 22.4 Å². The summed E-state index contributed by atoms with van der Waals surface area (Å²) in [6, 6.07) is 74.4. The van der Waals surface area contributed by atoms with E-state index in [0.29, 0.717) is 0 Å². The summed E-state index contributed by atoms with van der Waals surface area (Å²) in [4.78, 5) is 5.02. The first-order valence-electron chi connectivity index (χ1n) is 18.5. The monoisotopic (exact) mass is 685 g/mol. The van der Waals surface area contributed by atoms with Gasteiger partial charge in [-0.25, -0.2) is 0 Å². The topological polar surface area (TPSA) is 12.9 Å². The summed E-state index contributed by atoms with van der Waals surface area (Å²) in [5, 5.41) is 6.00. The molecule has 0 unspecified atom stereocenters. The first-order chi connectivity index (χ1) is 26.8. The van der Waals surface area contributed by atoms with Crippen LogP contribution in [0.4, 0.5) is 0 Å². The number of benzene rings is 9. The Kier molecular flexibility index (Phi) is 7.89. The molecule has 1 nitrogen and oxygen atoms in total. The minimum absolute atomic E-state index is 0.997. The van der Waals surface area contributed by atoms with Crippen LogP contribution in [-0.4, -0.2) is 4.98 Å². The molecule has 10 aromatic rings. The molecule has 0 aliphatic heterocycles.